The van der Waals surface area contributed by atoms with Crippen LogP contribution < -0.4 is 5.11 Å². The van der Waals surface area contributed by atoms with Gasteiger partial charge in [-0.15, -0.1) is 0 Å². The van der Waals surface area contributed by atoms with E-state index < -0.39 is 92.6 Å². The van der Waals surface area contributed by atoms with E-state index in [1.54, 1.807) is 0 Å². The van der Waals surface area contributed by atoms with Gasteiger partial charge in [-0.3, -0.25) is 9.59 Å². The summed E-state index contributed by atoms with van der Waals surface area (Å²) in [6, 6.07) is 0. The van der Waals surface area contributed by atoms with Crippen LogP contribution in [-0.4, -0.2) is 41.4 Å². The molecule has 0 aromatic heterocycles. The number of halogens is 15. The highest BCUT2D eigenvalue weighted by Gasteiger charge is 3.06. The Morgan fingerprint density at radius 1 is 0.647 bits per heavy atom. The minimum absolute atomic E-state index is 2.45. The van der Waals surface area contributed by atoms with E-state index >= 15 is 0 Å². The van der Waals surface area contributed by atoms with Crippen LogP contribution in [0.25, 0.3) is 5.76 Å². The largest absolute Gasteiger partial charge is 0.871 e. The molecule has 2 aliphatic rings. The van der Waals surface area contributed by atoms with Gasteiger partial charge in [-0.05, 0) is 0 Å². The zero-order chi connectivity index (χ0) is 26.8. The predicted molar refractivity (Wildman–Crippen MR) is 70.8 cm³/mol. The first-order valence-electron chi connectivity index (χ1n) is 7.95. The van der Waals surface area contributed by atoms with Gasteiger partial charge in [0.2, 0.25) is 0 Å². The summed E-state index contributed by atoms with van der Waals surface area (Å²) in [5.41, 5.74) is -15.7. The summed E-state index contributed by atoms with van der Waals surface area (Å²) in [5, 5.41) is 12.0. The molecule has 0 N–H and O–H groups in total. The van der Waals surface area contributed by atoms with Crippen LogP contribution in [0.1, 0.15) is 15.9 Å². The van der Waals surface area contributed by atoms with Crippen LogP contribution in [0.15, 0.2) is 5.57 Å². The molecule has 1 fully saturated rings. The monoisotopic (exact) mass is 525 g/mol. The Hall–Kier alpha value is -2.95. The molecule has 3 rings (SSSR count). The Morgan fingerprint density at radius 2 is 1.00 bits per heavy atom. The first-order valence-corrected chi connectivity index (χ1v) is 7.95. The maximum atomic E-state index is 14.1. The summed E-state index contributed by atoms with van der Waals surface area (Å²) in [6.07, 6.45) is -7.80. The van der Waals surface area contributed by atoms with Gasteiger partial charge >= 0.3 is 29.9 Å². The number of benzene rings is 1. The quantitative estimate of drug-likeness (QED) is 0.252. The molecule has 0 unspecified atom stereocenters. The summed E-state index contributed by atoms with van der Waals surface area (Å²) >= 11 is 0. The van der Waals surface area contributed by atoms with E-state index in [4.69, 9.17) is 0 Å². The van der Waals surface area contributed by atoms with E-state index in [9.17, 15) is 80.6 Å². The number of hydrogen-bond donors (Lipinski definition) is 0. The van der Waals surface area contributed by atoms with E-state index in [1.165, 1.54) is 0 Å². The van der Waals surface area contributed by atoms with Crippen LogP contribution in [0, 0.1) is 28.7 Å². The maximum Gasteiger partial charge on any atom is 0.414 e. The Kier molecular flexibility index (Phi) is 4.82. The van der Waals surface area contributed by atoms with Crippen molar-refractivity contribution in [3.8, 4) is 0 Å². The number of fused-ring (bicyclic) bond motifs is 1. The average Bonchev–Trinajstić information content (AvgIpc) is 2.95. The van der Waals surface area contributed by atoms with Crippen LogP contribution in [-0.2, 0) is 4.79 Å². The second-order valence-corrected chi connectivity index (χ2v) is 6.91. The zero-order valence-electron chi connectivity index (χ0n) is 14.9. The molecule has 0 atom stereocenters. The highest BCUT2D eigenvalue weighted by molar-refractivity contribution is 6.35. The molecular weight excluding hydrogens is 525 g/mol. The Morgan fingerprint density at radius 3 is 1.35 bits per heavy atom. The van der Waals surface area contributed by atoms with Crippen molar-refractivity contribution in [2.75, 3.05) is 0 Å². The minimum Gasteiger partial charge on any atom is -0.871 e. The molecule has 0 heterocycles. The van der Waals surface area contributed by atoms with E-state index in [0.717, 1.165) is 0 Å². The third kappa shape index (κ3) is 2.24. The van der Waals surface area contributed by atoms with Crippen molar-refractivity contribution < 1.29 is 80.6 Å². The zero-order valence-corrected chi connectivity index (χ0v) is 14.9. The number of alkyl halides is 11. The number of ketones is 2. The molecule has 0 aliphatic heterocycles. The van der Waals surface area contributed by atoms with Gasteiger partial charge in [-0.25, -0.2) is 17.6 Å². The summed E-state index contributed by atoms with van der Waals surface area (Å²) in [5.74, 6) is -53.2. The first kappa shape index (κ1) is 25.7. The molecule has 188 valence electrons. The number of carbonyl (C=O) groups is 2. The highest BCUT2D eigenvalue weighted by atomic mass is 19.4. The number of hydrogen-bond acceptors (Lipinski definition) is 3. The fraction of sp³-hybridized carbons (Fsp3) is 0.375. The average molecular weight is 525 g/mol. The lowest BCUT2D eigenvalue weighted by atomic mass is 9.72. The molecule has 1 saturated carbocycles. The van der Waals surface area contributed by atoms with Crippen LogP contribution in [0.5, 0.6) is 0 Å². The SMILES string of the molecule is O=C1C(C(=O)C2(C(F)(F)F)C(F)(F)C(F)(F)C(F)(F)C2(F)F)=C([O-])c2c(F)c(F)c(F)c(F)c21. The normalized spacial score (nSPS) is 23.9. The van der Waals surface area contributed by atoms with Crippen LogP contribution in [0.2, 0.25) is 0 Å². The molecule has 0 spiro atoms. The van der Waals surface area contributed by atoms with Gasteiger partial charge in [0.1, 0.15) is 0 Å². The molecule has 34 heavy (non-hydrogen) atoms. The summed E-state index contributed by atoms with van der Waals surface area (Å²) in [6.45, 7) is 0. The van der Waals surface area contributed by atoms with Gasteiger partial charge in [0, 0.05) is 5.56 Å². The summed E-state index contributed by atoms with van der Waals surface area (Å²) in [7, 11) is 0. The molecule has 2 aliphatic carbocycles. The lowest BCUT2D eigenvalue weighted by Crippen LogP contribution is -2.65. The van der Waals surface area contributed by atoms with Crippen molar-refractivity contribution >= 4 is 17.3 Å². The molecule has 18 heteroatoms. The van der Waals surface area contributed by atoms with Crippen LogP contribution >= 0.6 is 0 Å². The van der Waals surface area contributed by atoms with Crippen LogP contribution in [0.3, 0.4) is 0 Å². The van der Waals surface area contributed by atoms with Gasteiger partial charge in [0.15, 0.2) is 34.8 Å². The van der Waals surface area contributed by atoms with Crippen molar-refractivity contribution in [3.63, 3.8) is 0 Å². The van der Waals surface area contributed by atoms with Gasteiger partial charge in [0.25, 0.3) is 5.41 Å². The van der Waals surface area contributed by atoms with E-state index in [2.05, 4.69) is 0 Å². The van der Waals surface area contributed by atoms with Crippen molar-refractivity contribution in [1.82, 2.24) is 0 Å². The molecule has 0 amide bonds. The van der Waals surface area contributed by atoms with Gasteiger partial charge < -0.3 is 5.11 Å². The van der Waals surface area contributed by atoms with E-state index in [0.29, 0.717) is 0 Å². The summed E-state index contributed by atoms with van der Waals surface area (Å²) < 4.78 is 206. The molecule has 3 nitrogen and oxygen atoms in total. The van der Waals surface area contributed by atoms with Crippen molar-refractivity contribution in [3.05, 3.63) is 40.0 Å². The minimum atomic E-state index is -7.80. The van der Waals surface area contributed by atoms with E-state index in [-0.39, 0.29) is 0 Å². The molecule has 0 radical (unpaired) electrons. The summed E-state index contributed by atoms with van der Waals surface area (Å²) in [4.78, 5) is 24.3. The number of rotatable bonds is 2. The van der Waals surface area contributed by atoms with Gasteiger partial charge in [-0.2, -0.15) is 48.3 Å². The standard InChI is InChI=1S/C16HF15O3/c17-4-1-2(5(18)7(20)6(4)19)9(33)3(8(1)32)10(34)11(16(29,30)31)12(21,22)14(25,26)15(27,28)13(11,23)24/h32H/p-1. The van der Waals surface area contributed by atoms with Gasteiger partial charge in [-0.1, -0.05) is 5.76 Å². The molecule has 0 bridgehead atoms. The van der Waals surface area contributed by atoms with Crippen molar-refractivity contribution in [2.24, 2.45) is 5.41 Å². The highest BCUT2D eigenvalue weighted by Crippen LogP contribution is 2.76. The lowest BCUT2D eigenvalue weighted by Gasteiger charge is -2.38. The topological polar surface area (TPSA) is 57.2 Å². The molecule has 1 aromatic rings. The lowest BCUT2D eigenvalue weighted by molar-refractivity contribution is -0.341. The van der Waals surface area contributed by atoms with E-state index in [1.807, 2.05) is 0 Å². The fourth-order valence-corrected chi connectivity index (χ4v) is 3.64. The van der Waals surface area contributed by atoms with Gasteiger partial charge in [0.05, 0.1) is 11.1 Å². The van der Waals surface area contributed by atoms with Crippen molar-refractivity contribution in [1.29, 1.82) is 0 Å². The Balaban J connectivity index is 2.48. The fourth-order valence-electron chi connectivity index (χ4n) is 3.64. The Bertz CT molecular complexity index is 1170. The molecule has 0 saturated heterocycles. The maximum absolute atomic E-state index is 14.1. The van der Waals surface area contributed by atoms with Crippen molar-refractivity contribution in [2.45, 2.75) is 29.9 Å². The predicted octanol–water partition coefficient (Wildman–Crippen LogP) is 4.18. The number of Topliss-reactive ketones (excluding diaryl/α,β-unsaturated/α-hetero) is 2. The number of allylic oxidation sites excluding steroid dienone is 1. The smallest absolute Gasteiger partial charge is 0.414 e. The number of carbonyl (C=O) groups excluding carboxylic acids is 2. The second-order valence-electron chi connectivity index (χ2n) is 6.91. The first-order chi connectivity index (χ1) is 15.0. The third-order valence-electron chi connectivity index (χ3n) is 5.29. The molecular formula is C16F15O3-. The van der Waals surface area contributed by atoms with Crippen LogP contribution in [0.4, 0.5) is 65.9 Å². The third-order valence-corrected chi connectivity index (χ3v) is 5.29. The second kappa shape index (κ2) is 6.38. The molecule has 1 aromatic carbocycles. The Labute approximate surface area is 174 Å².